The smallest absolute Gasteiger partial charge is 0.416 e. The van der Waals surface area contributed by atoms with Crippen molar-refractivity contribution >= 4 is 11.8 Å². The van der Waals surface area contributed by atoms with Crippen molar-refractivity contribution in [2.24, 2.45) is 0 Å². The Labute approximate surface area is 170 Å². The normalized spacial score (nSPS) is 20.3. The lowest BCUT2D eigenvalue weighted by molar-refractivity contribution is -0.137. The number of hydrogen-bond donors (Lipinski definition) is 1. The zero-order chi connectivity index (χ0) is 21.4. The lowest BCUT2D eigenvalue weighted by Crippen LogP contribution is -2.53. The highest BCUT2D eigenvalue weighted by atomic mass is 19.4. The molecule has 0 saturated carbocycles. The van der Waals surface area contributed by atoms with Gasteiger partial charge in [-0.1, -0.05) is 6.07 Å². The summed E-state index contributed by atoms with van der Waals surface area (Å²) in [5.74, 6) is 0. The van der Waals surface area contributed by atoms with Crippen LogP contribution in [-0.2, 0) is 17.5 Å². The number of likely N-dealkylation sites (tertiary alicyclic amines) is 2. The first kappa shape index (κ1) is 21.7. The van der Waals surface area contributed by atoms with E-state index < -0.39 is 17.3 Å². The van der Waals surface area contributed by atoms with Crippen molar-refractivity contribution in [2.45, 2.75) is 70.3 Å². The number of nitrogens with two attached hydrogens (primary N) is 1. The molecule has 8 heteroatoms. The van der Waals surface area contributed by atoms with E-state index in [1.54, 1.807) is 4.90 Å². The number of hydrogen-bond acceptors (Lipinski definition) is 4. The van der Waals surface area contributed by atoms with E-state index in [2.05, 4.69) is 4.90 Å². The van der Waals surface area contributed by atoms with Crippen LogP contribution in [0.2, 0.25) is 0 Å². The van der Waals surface area contributed by atoms with Crippen LogP contribution in [0.4, 0.5) is 23.7 Å². The highest BCUT2D eigenvalue weighted by Gasteiger charge is 2.44. The van der Waals surface area contributed by atoms with Crippen LogP contribution in [-0.4, -0.2) is 46.7 Å². The van der Waals surface area contributed by atoms with E-state index in [4.69, 9.17) is 10.5 Å². The minimum absolute atomic E-state index is 0.0341. The Hall–Kier alpha value is -1.96. The minimum Gasteiger partial charge on any atom is -0.444 e. The average Bonchev–Trinajstić information content (AvgIpc) is 2.97. The van der Waals surface area contributed by atoms with Crippen LogP contribution in [0.5, 0.6) is 0 Å². The van der Waals surface area contributed by atoms with Gasteiger partial charge in [0.25, 0.3) is 0 Å². The van der Waals surface area contributed by atoms with E-state index in [-0.39, 0.29) is 17.3 Å². The number of halogens is 3. The number of alkyl halides is 3. The van der Waals surface area contributed by atoms with E-state index in [1.165, 1.54) is 6.07 Å². The number of nitrogen functional groups attached to an aromatic ring is 1. The Morgan fingerprint density at radius 3 is 2.34 bits per heavy atom. The SMILES string of the molecule is CC(C)(C)OC(=O)N1CCC2(CCCN2Cc2ccc(C(F)(F)F)cc2N)CC1. The predicted octanol–water partition coefficient (Wildman–Crippen LogP) is 4.65. The molecule has 162 valence electrons. The molecule has 2 heterocycles. The summed E-state index contributed by atoms with van der Waals surface area (Å²) in [6.07, 6.45) is -0.970. The van der Waals surface area contributed by atoms with Crippen LogP contribution in [0.1, 0.15) is 57.6 Å². The average molecular weight is 413 g/mol. The third-order valence-electron chi connectivity index (χ3n) is 5.92. The molecule has 0 atom stereocenters. The standard InChI is InChI=1S/C21H30F3N3O2/c1-19(2,3)29-18(28)26-11-8-20(9-12-26)7-4-10-27(20)14-15-5-6-16(13-17(15)25)21(22,23)24/h5-6,13H,4,7-12,14,25H2,1-3H3. The van der Waals surface area contributed by atoms with Crippen molar-refractivity contribution in [1.82, 2.24) is 9.80 Å². The second-order valence-corrected chi connectivity index (χ2v) is 9.13. The molecule has 0 radical (unpaired) electrons. The van der Waals surface area contributed by atoms with E-state index in [9.17, 15) is 18.0 Å². The van der Waals surface area contributed by atoms with Crippen LogP contribution in [0.3, 0.4) is 0 Å². The molecule has 2 N–H and O–H groups in total. The van der Waals surface area contributed by atoms with Gasteiger partial charge in [-0.2, -0.15) is 13.2 Å². The second-order valence-electron chi connectivity index (χ2n) is 9.13. The van der Waals surface area contributed by atoms with Crippen LogP contribution < -0.4 is 5.73 Å². The number of nitrogens with zero attached hydrogens (tertiary/aromatic N) is 2. The Morgan fingerprint density at radius 2 is 1.79 bits per heavy atom. The summed E-state index contributed by atoms with van der Waals surface area (Å²) in [5, 5.41) is 0. The molecule has 0 aliphatic carbocycles. The Morgan fingerprint density at radius 1 is 1.14 bits per heavy atom. The fraction of sp³-hybridized carbons (Fsp3) is 0.667. The number of anilines is 1. The van der Waals surface area contributed by atoms with Gasteiger partial charge in [-0.25, -0.2) is 4.79 Å². The van der Waals surface area contributed by atoms with Gasteiger partial charge >= 0.3 is 12.3 Å². The van der Waals surface area contributed by atoms with Gasteiger partial charge in [-0.05, 0) is 70.7 Å². The van der Waals surface area contributed by atoms with E-state index in [1.807, 2.05) is 20.8 Å². The third-order valence-corrected chi connectivity index (χ3v) is 5.92. The summed E-state index contributed by atoms with van der Waals surface area (Å²) in [6.45, 7) is 8.20. The Balaban J connectivity index is 1.66. The van der Waals surface area contributed by atoms with Crippen LogP contribution in [0, 0.1) is 0 Å². The quantitative estimate of drug-likeness (QED) is 0.717. The van der Waals surface area contributed by atoms with Crippen LogP contribution >= 0.6 is 0 Å². The number of carbonyl (C=O) groups excluding carboxylic acids is 1. The van der Waals surface area contributed by atoms with Gasteiger partial charge < -0.3 is 15.4 Å². The fourth-order valence-corrected chi connectivity index (χ4v) is 4.36. The lowest BCUT2D eigenvalue weighted by Gasteiger charge is -2.45. The van der Waals surface area contributed by atoms with Gasteiger partial charge in [-0.3, -0.25) is 4.90 Å². The topological polar surface area (TPSA) is 58.8 Å². The Bertz CT molecular complexity index is 751. The van der Waals surface area contributed by atoms with Gasteiger partial charge in [0.1, 0.15) is 5.60 Å². The number of amides is 1. The molecule has 5 nitrogen and oxygen atoms in total. The molecule has 1 spiro atoms. The molecule has 0 bridgehead atoms. The molecule has 1 amide bonds. The molecular formula is C21H30F3N3O2. The maximum atomic E-state index is 12.9. The number of rotatable bonds is 2. The summed E-state index contributed by atoms with van der Waals surface area (Å²) in [7, 11) is 0. The number of ether oxygens (including phenoxy) is 1. The molecule has 2 aliphatic rings. The van der Waals surface area contributed by atoms with Crippen molar-refractivity contribution in [3.8, 4) is 0 Å². The summed E-state index contributed by atoms with van der Waals surface area (Å²) in [4.78, 5) is 16.4. The van der Waals surface area contributed by atoms with Gasteiger partial charge in [-0.15, -0.1) is 0 Å². The highest BCUT2D eigenvalue weighted by Crippen LogP contribution is 2.40. The number of piperidine rings is 1. The van der Waals surface area contributed by atoms with Gasteiger partial charge in [0, 0.05) is 30.9 Å². The first-order valence-corrected chi connectivity index (χ1v) is 10.1. The van der Waals surface area contributed by atoms with E-state index in [0.717, 1.165) is 44.4 Å². The van der Waals surface area contributed by atoms with Crippen molar-refractivity contribution in [2.75, 3.05) is 25.4 Å². The first-order valence-electron chi connectivity index (χ1n) is 10.1. The molecule has 29 heavy (non-hydrogen) atoms. The molecule has 2 aliphatic heterocycles. The summed E-state index contributed by atoms with van der Waals surface area (Å²) < 4.78 is 44.1. The summed E-state index contributed by atoms with van der Waals surface area (Å²) >= 11 is 0. The molecule has 0 unspecified atom stereocenters. The maximum absolute atomic E-state index is 12.9. The second kappa shape index (κ2) is 7.70. The number of benzene rings is 1. The van der Waals surface area contributed by atoms with Crippen LogP contribution in [0.25, 0.3) is 0 Å². The Kier molecular flexibility index (Phi) is 5.77. The third kappa shape index (κ3) is 4.97. The largest absolute Gasteiger partial charge is 0.444 e. The zero-order valence-electron chi connectivity index (χ0n) is 17.3. The lowest BCUT2D eigenvalue weighted by atomic mass is 9.84. The van der Waals surface area contributed by atoms with Crippen LogP contribution in [0.15, 0.2) is 18.2 Å². The summed E-state index contributed by atoms with van der Waals surface area (Å²) in [5.41, 5.74) is 5.55. The first-order chi connectivity index (χ1) is 13.4. The monoisotopic (exact) mass is 413 g/mol. The number of carbonyl (C=O) groups is 1. The molecule has 1 aromatic carbocycles. The van der Waals surface area contributed by atoms with Crippen molar-refractivity contribution in [3.05, 3.63) is 29.3 Å². The predicted molar refractivity (Wildman–Crippen MR) is 105 cm³/mol. The van der Waals surface area contributed by atoms with Gasteiger partial charge in [0.05, 0.1) is 5.56 Å². The molecule has 2 saturated heterocycles. The highest BCUT2D eigenvalue weighted by molar-refractivity contribution is 5.68. The van der Waals surface area contributed by atoms with Crippen molar-refractivity contribution in [3.63, 3.8) is 0 Å². The van der Waals surface area contributed by atoms with E-state index >= 15 is 0 Å². The van der Waals surface area contributed by atoms with Gasteiger partial charge in [0.2, 0.25) is 0 Å². The minimum atomic E-state index is -4.39. The van der Waals surface area contributed by atoms with Crippen molar-refractivity contribution in [1.29, 1.82) is 0 Å². The molecule has 3 rings (SSSR count). The molecule has 2 fully saturated rings. The van der Waals surface area contributed by atoms with E-state index in [0.29, 0.717) is 25.2 Å². The molecule has 1 aromatic rings. The molecular weight excluding hydrogens is 383 g/mol. The maximum Gasteiger partial charge on any atom is 0.416 e. The zero-order valence-corrected chi connectivity index (χ0v) is 17.3. The molecule has 0 aromatic heterocycles. The summed E-state index contributed by atoms with van der Waals surface area (Å²) in [6, 6.07) is 3.60. The fourth-order valence-electron chi connectivity index (χ4n) is 4.36. The van der Waals surface area contributed by atoms with Gasteiger partial charge in [0.15, 0.2) is 0 Å². The van der Waals surface area contributed by atoms with Crippen molar-refractivity contribution < 1.29 is 22.7 Å².